The highest BCUT2D eigenvalue weighted by Gasteiger charge is 2.28. The van der Waals surface area contributed by atoms with E-state index in [-0.39, 0.29) is 6.09 Å². The van der Waals surface area contributed by atoms with Crippen molar-refractivity contribution in [2.24, 2.45) is 0 Å². The van der Waals surface area contributed by atoms with Gasteiger partial charge in [0.15, 0.2) is 0 Å². The Labute approximate surface area is 126 Å². The van der Waals surface area contributed by atoms with E-state index < -0.39 is 5.60 Å². The number of rotatable bonds is 3. The second kappa shape index (κ2) is 6.47. The molecule has 0 atom stereocenters. The lowest BCUT2D eigenvalue weighted by molar-refractivity contribution is 0.0184. The van der Waals surface area contributed by atoms with Gasteiger partial charge in [0.1, 0.15) is 5.60 Å². The van der Waals surface area contributed by atoms with Crippen LogP contribution in [0.4, 0.5) is 4.79 Å². The van der Waals surface area contributed by atoms with Crippen LogP contribution >= 0.6 is 0 Å². The van der Waals surface area contributed by atoms with Crippen molar-refractivity contribution < 1.29 is 9.53 Å². The lowest BCUT2D eigenvalue weighted by Gasteiger charge is -2.34. The van der Waals surface area contributed by atoms with Gasteiger partial charge in [-0.3, -0.25) is 4.68 Å². The Morgan fingerprint density at radius 2 is 2.10 bits per heavy atom. The number of amides is 1. The molecule has 0 aliphatic carbocycles. The molecule has 1 aromatic rings. The van der Waals surface area contributed by atoms with E-state index in [1.807, 2.05) is 40.1 Å². The van der Waals surface area contributed by atoms with Crippen molar-refractivity contribution in [1.82, 2.24) is 20.0 Å². The Morgan fingerprint density at radius 3 is 2.67 bits per heavy atom. The maximum Gasteiger partial charge on any atom is 0.410 e. The number of nitrogens with zero attached hydrogens (tertiary/aromatic N) is 3. The normalized spacial score (nSPS) is 17.0. The first-order chi connectivity index (χ1) is 9.90. The van der Waals surface area contributed by atoms with Crippen molar-refractivity contribution >= 4 is 6.09 Å². The van der Waals surface area contributed by atoms with E-state index in [0.29, 0.717) is 6.04 Å². The summed E-state index contributed by atoms with van der Waals surface area (Å²) in [5.41, 5.74) is 0.754. The highest BCUT2D eigenvalue weighted by molar-refractivity contribution is 5.68. The Bertz CT molecular complexity index is 470. The average Bonchev–Trinajstić information content (AvgIpc) is 2.86. The molecule has 1 aromatic heterocycles. The van der Waals surface area contributed by atoms with Crippen LogP contribution in [-0.2, 0) is 11.3 Å². The molecule has 1 aliphatic rings. The lowest BCUT2D eigenvalue weighted by Crippen LogP contribution is -2.42. The van der Waals surface area contributed by atoms with Gasteiger partial charge in [0.05, 0.1) is 11.7 Å². The molecule has 21 heavy (non-hydrogen) atoms. The molecule has 1 saturated heterocycles. The molecule has 0 spiro atoms. The highest BCUT2D eigenvalue weighted by Crippen LogP contribution is 2.24. The summed E-state index contributed by atoms with van der Waals surface area (Å²) in [6.45, 7) is 7.94. The SMILES string of the molecule is CNCc1ccnn1C1CCN(C(=O)OC(C)(C)C)CC1. The fraction of sp³-hybridized carbons (Fsp3) is 0.733. The van der Waals surface area contributed by atoms with Crippen LogP contribution in [-0.4, -0.2) is 46.5 Å². The van der Waals surface area contributed by atoms with Crippen LogP contribution < -0.4 is 5.32 Å². The zero-order valence-corrected chi connectivity index (χ0v) is 13.4. The minimum atomic E-state index is -0.435. The molecule has 1 amide bonds. The van der Waals surface area contributed by atoms with Crippen LogP contribution in [0, 0.1) is 0 Å². The molecular weight excluding hydrogens is 268 g/mol. The first-order valence-electron chi connectivity index (χ1n) is 7.55. The zero-order valence-electron chi connectivity index (χ0n) is 13.4. The van der Waals surface area contributed by atoms with Gasteiger partial charge in [0.2, 0.25) is 0 Å². The Morgan fingerprint density at radius 1 is 1.43 bits per heavy atom. The van der Waals surface area contributed by atoms with E-state index in [1.54, 1.807) is 4.90 Å². The molecule has 2 rings (SSSR count). The van der Waals surface area contributed by atoms with E-state index in [1.165, 1.54) is 5.69 Å². The standard InChI is InChI=1S/C15H26N4O2/c1-15(2,3)21-14(20)18-9-6-12(7-10-18)19-13(11-16-4)5-8-17-19/h5,8,12,16H,6-7,9-11H2,1-4H3. The van der Waals surface area contributed by atoms with Gasteiger partial charge in [-0.15, -0.1) is 0 Å². The summed E-state index contributed by atoms with van der Waals surface area (Å²) >= 11 is 0. The summed E-state index contributed by atoms with van der Waals surface area (Å²) in [5.74, 6) is 0. The van der Waals surface area contributed by atoms with Gasteiger partial charge < -0.3 is 15.0 Å². The molecule has 0 radical (unpaired) electrons. The molecule has 0 unspecified atom stereocenters. The third-order valence-corrected chi connectivity index (χ3v) is 3.57. The van der Waals surface area contributed by atoms with Gasteiger partial charge in [-0.2, -0.15) is 5.10 Å². The van der Waals surface area contributed by atoms with Crippen molar-refractivity contribution in [1.29, 1.82) is 0 Å². The molecule has 0 aromatic carbocycles. The van der Waals surface area contributed by atoms with Gasteiger partial charge in [-0.25, -0.2) is 4.79 Å². The largest absolute Gasteiger partial charge is 0.444 e. The molecule has 6 nitrogen and oxygen atoms in total. The third-order valence-electron chi connectivity index (χ3n) is 3.57. The van der Waals surface area contributed by atoms with Crippen LogP contribution in [0.3, 0.4) is 0 Å². The van der Waals surface area contributed by atoms with Crippen molar-refractivity contribution in [3.8, 4) is 0 Å². The third kappa shape index (κ3) is 4.20. The van der Waals surface area contributed by atoms with Gasteiger partial charge in [0.25, 0.3) is 0 Å². The van der Waals surface area contributed by atoms with E-state index >= 15 is 0 Å². The van der Waals surface area contributed by atoms with Crippen LogP contribution in [0.2, 0.25) is 0 Å². The van der Waals surface area contributed by atoms with Crippen LogP contribution in [0.15, 0.2) is 12.3 Å². The summed E-state index contributed by atoms with van der Waals surface area (Å²) in [6, 6.07) is 2.40. The van der Waals surface area contributed by atoms with Crippen LogP contribution in [0.5, 0.6) is 0 Å². The number of piperidine rings is 1. The average molecular weight is 294 g/mol. The van der Waals surface area contributed by atoms with E-state index in [0.717, 1.165) is 32.5 Å². The second-order valence-electron chi connectivity index (χ2n) is 6.50. The summed E-state index contributed by atoms with van der Waals surface area (Å²) in [6.07, 6.45) is 3.46. The molecule has 0 saturated carbocycles. The Balaban J connectivity index is 1.91. The molecular formula is C15H26N4O2. The number of hydrogen-bond acceptors (Lipinski definition) is 4. The molecule has 6 heteroatoms. The molecule has 1 N–H and O–H groups in total. The fourth-order valence-electron chi connectivity index (χ4n) is 2.61. The van der Waals surface area contributed by atoms with Gasteiger partial charge in [-0.05, 0) is 46.7 Å². The lowest BCUT2D eigenvalue weighted by atomic mass is 10.1. The smallest absolute Gasteiger partial charge is 0.410 e. The van der Waals surface area contributed by atoms with E-state index in [4.69, 9.17) is 4.74 Å². The predicted octanol–water partition coefficient (Wildman–Crippen LogP) is 2.17. The molecule has 1 aliphatic heterocycles. The zero-order chi connectivity index (χ0) is 15.5. The summed E-state index contributed by atoms with van der Waals surface area (Å²) in [5, 5.41) is 7.59. The topological polar surface area (TPSA) is 59.4 Å². The number of carbonyl (C=O) groups excluding carboxylic acids is 1. The maximum absolute atomic E-state index is 12.0. The summed E-state index contributed by atoms with van der Waals surface area (Å²) < 4.78 is 7.51. The van der Waals surface area contributed by atoms with Crippen molar-refractivity contribution in [3.05, 3.63) is 18.0 Å². The van der Waals surface area contributed by atoms with Crippen molar-refractivity contribution in [2.75, 3.05) is 20.1 Å². The number of aromatic nitrogens is 2. The van der Waals surface area contributed by atoms with Gasteiger partial charge >= 0.3 is 6.09 Å². The van der Waals surface area contributed by atoms with E-state index in [2.05, 4.69) is 15.1 Å². The number of ether oxygens (including phenoxy) is 1. The van der Waals surface area contributed by atoms with Crippen LogP contribution in [0.25, 0.3) is 0 Å². The minimum absolute atomic E-state index is 0.211. The van der Waals surface area contributed by atoms with Gasteiger partial charge in [-0.1, -0.05) is 0 Å². The second-order valence-corrected chi connectivity index (χ2v) is 6.50. The minimum Gasteiger partial charge on any atom is -0.444 e. The van der Waals surface area contributed by atoms with Gasteiger partial charge in [0, 0.05) is 25.8 Å². The molecule has 2 heterocycles. The molecule has 0 bridgehead atoms. The monoisotopic (exact) mass is 294 g/mol. The quantitative estimate of drug-likeness (QED) is 0.928. The number of carbonyl (C=O) groups is 1. The Kier molecular flexibility index (Phi) is 4.88. The van der Waals surface area contributed by atoms with Crippen LogP contribution in [0.1, 0.15) is 45.3 Å². The van der Waals surface area contributed by atoms with E-state index in [9.17, 15) is 4.79 Å². The Hall–Kier alpha value is -1.56. The highest BCUT2D eigenvalue weighted by atomic mass is 16.6. The van der Waals surface area contributed by atoms with Crippen molar-refractivity contribution in [3.63, 3.8) is 0 Å². The summed E-state index contributed by atoms with van der Waals surface area (Å²) in [7, 11) is 1.93. The first-order valence-corrected chi connectivity index (χ1v) is 7.55. The summed E-state index contributed by atoms with van der Waals surface area (Å²) in [4.78, 5) is 13.8. The maximum atomic E-state index is 12.0. The predicted molar refractivity (Wildman–Crippen MR) is 81.1 cm³/mol. The number of likely N-dealkylation sites (tertiary alicyclic amines) is 1. The molecule has 1 fully saturated rings. The first kappa shape index (κ1) is 15.8. The fourth-order valence-corrected chi connectivity index (χ4v) is 2.61. The molecule has 118 valence electrons. The van der Waals surface area contributed by atoms with Crippen molar-refractivity contribution in [2.45, 2.75) is 51.8 Å². The number of hydrogen-bond donors (Lipinski definition) is 1. The number of nitrogens with one attached hydrogen (secondary N) is 1.